The Morgan fingerprint density at radius 2 is 1.88 bits per heavy atom. The monoisotopic (exact) mass is 610 g/mol. The number of pyridine rings is 1. The lowest BCUT2D eigenvalue weighted by atomic mass is 9.72. The third-order valence-corrected chi connectivity index (χ3v) is 7.82. The summed E-state index contributed by atoms with van der Waals surface area (Å²) in [7, 11) is -2.04. The van der Waals surface area contributed by atoms with Gasteiger partial charge in [0.05, 0.1) is 45.9 Å². The molecule has 1 aliphatic carbocycles. The van der Waals surface area contributed by atoms with Crippen molar-refractivity contribution in [2.75, 3.05) is 11.0 Å². The van der Waals surface area contributed by atoms with Gasteiger partial charge in [-0.25, -0.2) is 22.2 Å². The Balaban J connectivity index is 1.65. The first-order chi connectivity index (χ1) is 19.7. The van der Waals surface area contributed by atoms with E-state index in [1.165, 1.54) is 16.8 Å². The zero-order valence-corrected chi connectivity index (χ0v) is 24.1. The number of benzene rings is 2. The largest absolute Gasteiger partial charge is 0.378 e. The maximum Gasteiger partial charge on any atom is 0.231 e. The molecule has 9 nitrogen and oxygen atoms in total. The summed E-state index contributed by atoms with van der Waals surface area (Å²) in [5.41, 5.74) is 7.86. The summed E-state index contributed by atoms with van der Waals surface area (Å²) >= 11 is 6.49. The summed E-state index contributed by atoms with van der Waals surface area (Å²) in [6.45, 7) is 0. The highest BCUT2D eigenvalue weighted by molar-refractivity contribution is 7.92. The number of anilines is 1. The van der Waals surface area contributed by atoms with E-state index in [1.807, 2.05) is 0 Å². The van der Waals surface area contributed by atoms with E-state index >= 15 is 0 Å². The fraction of sp³-hybridized carbons (Fsp3) is 0.276. The van der Waals surface area contributed by atoms with Gasteiger partial charge in [0.25, 0.3) is 0 Å². The Morgan fingerprint density at radius 1 is 1.21 bits per heavy atom. The lowest BCUT2D eigenvalue weighted by Crippen LogP contribution is -2.41. The molecular formula is C29H25ClF2N6O3S. The van der Waals surface area contributed by atoms with Crippen molar-refractivity contribution in [3.8, 4) is 29.0 Å². The number of sulfonamides is 1. The highest BCUT2D eigenvalue weighted by atomic mass is 35.5. The maximum atomic E-state index is 13.9. The Bertz CT molecular complexity index is 1920. The summed E-state index contributed by atoms with van der Waals surface area (Å²) in [6.07, 6.45) is 1.50. The van der Waals surface area contributed by atoms with Crippen LogP contribution in [0, 0.1) is 40.7 Å². The molecule has 4 aromatic rings. The first-order valence-electron chi connectivity index (χ1n) is 12.8. The van der Waals surface area contributed by atoms with Crippen molar-refractivity contribution < 1.29 is 22.3 Å². The van der Waals surface area contributed by atoms with Crippen molar-refractivity contribution in [3.05, 3.63) is 76.1 Å². The lowest BCUT2D eigenvalue weighted by Gasteiger charge is -2.35. The molecule has 1 fully saturated rings. The Morgan fingerprint density at radius 3 is 2.52 bits per heavy atom. The van der Waals surface area contributed by atoms with Crippen LogP contribution in [-0.4, -0.2) is 40.1 Å². The Hall–Kier alpha value is -4.07. The van der Waals surface area contributed by atoms with E-state index in [9.17, 15) is 22.3 Å². The number of hydrogen-bond acceptors (Lipinski definition) is 7. The van der Waals surface area contributed by atoms with Crippen LogP contribution < -0.4 is 10.5 Å². The summed E-state index contributed by atoms with van der Waals surface area (Å²) in [6, 6.07) is 11.1. The van der Waals surface area contributed by atoms with Crippen molar-refractivity contribution in [2.24, 2.45) is 18.7 Å². The molecule has 0 radical (unpaired) electrons. The van der Waals surface area contributed by atoms with Gasteiger partial charge < -0.3 is 10.8 Å². The average Bonchev–Trinajstić information content (AvgIpc) is 3.20. The normalized spacial score (nSPS) is 19.0. The van der Waals surface area contributed by atoms with E-state index in [2.05, 4.69) is 32.7 Å². The van der Waals surface area contributed by atoms with Crippen molar-refractivity contribution in [1.29, 1.82) is 5.26 Å². The van der Waals surface area contributed by atoms with Crippen molar-refractivity contribution in [3.63, 3.8) is 0 Å². The van der Waals surface area contributed by atoms with Gasteiger partial charge in [-0.2, -0.15) is 10.4 Å². The number of nitrogens with two attached hydrogens (primary N) is 1. The van der Waals surface area contributed by atoms with Crippen LogP contribution in [0.3, 0.4) is 0 Å². The fourth-order valence-electron chi connectivity index (χ4n) is 5.11. The number of rotatable bonds is 6. The molecule has 42 heavy (non-hydrogen) atoms. The highest BCUT2D eigenvalue weighted by Crippen LogP contribution is 2.40. The number of halogens is 3. The molecule has 4 N–H and O–H groups in total. The van der Waals surface area contributed by atoms with Gasteiger partial charge in [0.15, 0.2) is 5.82 Å². The smallest absolute Gasteiger partial charge is 0.231 e. The van der Waals surface area contributed by atoms with Crippen LogP contribution in [0.5, 0.6) is 0 Å². The fourth-order valence-corrected chi connectivity index (χ4v) is 5.84. The molecule has 2 aromatic carbocycles. The number of hydrogen-bond donors (Lipinski definition) is 3. The van der Waals surface area contributed by atoms with Crippen LogP contribution in [-0.2, 0) is 23.5 Å². The van der Waals surface area contributed by atoms with Gasteiger partial charge in [-0.15, -0.1) is 0 Å². The zero-order chi connectivity index (χ0) is 30.4. The minimum atomic E-state index is -3.67. The second kappa shape index (κ2) is 11.0. The number of fused-ring (bicyclic) bond motifs is 1. The van der Waals surface area contributed by atoms with Crippen LogP contribution in [0.1, 0.15) is 35.8 Å². The number of aliphatic hydroxyl groups is 1. The van der Waals surface area contributed by atoms with E-state index in [1.54, 1.807) is 31.3 Å². The van der Waals surface area contributed by atoms with Crippen LogP contribution in [0.2, 0.25) is 5.02 Å². The van der Waals surface area contributed by atoms with Crippen LogP contribution >= 0.6 is 11.6 Å². The first kappa shape index (κ1) is 29.4. The molecule has 5 rings (SSSR count). The topological polar surface area (TPSA) is 147 Å². The molecule has 2 heterocycles. The molecule has 1 saturated carbocycles. The van der Waals surface area contributed by atoms with Gasteiger partial charge in [-0.05, 0) is 48.2 Å². The number of nitrogens with zero attached hydrogens (tertiary/aromatic N) is 4. The van der Waals surface area contributed by atoms with Crippen molar-refractivity contribution >= 4 is 38.3 Å². The molecule has 2 aromatic heterocycles. The molecule has 0 saturated heterocycles. The Labute approximate surface area is 246 Å². The minimum Gasteiger partial charge on any atom is -0.378 e. The van der Waals surface area contributed by atoms with Gasteiger partial charge in [-0.3, -0.25) is 9.40 Å². The second-order valence-electron chi connectivity index (χ2n) is 10.4. The molecule has 13 heteroatoms. The van der Waals surface area contributed by atoms with E-state index in [0.29, 0.717) is 33.3 Å². The standard InChI is InChI=1S/C29H25ClF2N6O3S/c1-38-27-22(5-6-23(30)25(27)28(36-38)37-42(2,40)41)21-4-3-20(7-8-29(39)13-17(14-29)15-33)35-26(21)24(34)11-16-9-18(31)12-19(32)10-16/h3-6,9-10,12,17,24,39H,11,13-14,34H2,1-2H3,(H,36,37). The predicted molar refractivity (Wildman–Crippen MR) is 155 cm³/mol. The summed E-state index contributed by atoms with van der Waals surface area (Å²) in [5, 5.41) is 24.5. The summed E-state index contributed by atoms with van der Waals surface area (Å²) < 4.78 is 55.7. The van der Waals surface area contributed by atoms with Gasteiger partial charge in [0, 0.05) is 37.1 Å². The quantitative estimate of drug-likeness (QED) is 0.277. The molecule has 1 aliphatic rings. The SMILES string of the molecule is Cn1nc(NS(C)(=O)=O)c2c(Cl)ccc(-c3ccc(C#CC4(O)CC(C#N)C4)nc3C(N)Cc3cc(F)cc(F)c3)c21. The summed E-state index contributed by atoms with van der Waals surface area (Å²) in [5.74, 6) is 3.96. The van der Waals surface area contributed by atoms with E-state index in [4.69, 9.17) is 22.6 Å². The van der Waals surface area contributed by atoms with E-state index in [-0.39, 0.29) is 41.7 Å². The third-order valence-electron chi connectivity index (χ3n) is 6.94. The molecule has 0 amide bonds. The molecule has 216 valence electrons. The average molecular weight is 611 g/mol. The van der Waals surface area contributed by atoms with Gasteiger partial charge in [-0.1, -0.05) is 23.6 Å². The van der Waals surface area contributed by atoms with Gasteiger partial charge in [0.2, 0.25) is 10.0 Å². The minimum absolute atomic E-state index is 0.0301. The summed E-state index contributed by atoms with van der Waals surface area (Å²) in [4.78, 5) is 4.68. The lowest BCUT2D eigenvalue weighted by molar-refractivity contribution is -0.00239. The van der Waals surface area contributed by atoms with Gasteiger partial charge >= 0.3 is 0 Å². The molecule has 0 bridgehead atoms. The molecule has 1 unspecified atom stereocenters. The Kier molecular flexibility index (Phi) is 7.68. The van der Waals surface area contributed by atoms with Crippen LogP contribution in [0.25, 0.3) is 22.0 Å². The van der Waals surface area contributed by atoms with E-state index < -0.39 is 33.3 Å². The molecular weight excluding hydrogens is 586 g/mol. The van der Waals surface area contributed by atoms with Crippen LogP contribution in [0.4, 0.5) is 14.6 Å². The van der Waals surface area contributed by atoms with Crippen molar-refractivity contribution in [2.45, 2.75) is 30.9 Å². The molecule has 0 spiro atoms. The number of aryl methyl sites for hydroxylation is 1. The second-order valence-corrected chi connectivity index (χ2v) is 12.6. The number of nitriles is 1. The highest BCUT2D eigenvalue weighted by Gasteiger charge is 2.41. The van der Waals surface area contributed by atoms with Crippen LogP contribution in [0.15, 0.2) is 42.5 Å². The molecule has 0 aliphatic heterocycles. The van der Waals surface area contributed by atoms with Gasteiger partial charge in [0.1, 0.15) is 22.9 Å². The zero-order valence-electron chi connectivity index (χ0n) is 22.5. The van der Waals surface area contributed by atoms with E-state index in [0.717, 1.165) is 12.3 Å². The third kappa shape index (κ3) is 6.08. The number of nitrogens with one attached hydrogen (secondary N) is 1. The predicted octanol–water partition coefficient (Wildman–Crippen LogP) is 4.20. The number of aromatic nitrogens is 3. The maximum absolute atomic E-state index is 13.9. The van der Waals surface area contributed by atoms with Crippen molar-refractivity contribution in [1.82, 2.24) is 14.8 Å². The first-order valence-corrected chi connectivity index (χ1v) is 15.0. The molecule has 1 atom stereocenters.